The van der Waals surface area contributed by atoms with E-state index in [0.717, 1.165) is 47.8 Å². The van der Waals surface area contributed by atoms with E-state index in [1.54, 1.807) is 11.3 Å². The van der Waals surface area contributed by atoms with Gasteiger partial charge in [-0.25, -0.2) is 4.98 Å². The average molecular weight is 468 g/mol. The van der Waals surface area contributed by atoms with Gasteiger partial charge in [-0.05, 0) is 50.8 Å². The van der Waals surface area contributed by atoms with Crippen molar-refractivity contribution in [2.24, 2.45) is 5.92 Å². The first kappa shape index (κ1) is 21.6. The summed E-state index contributed by atoms with van der Waals surface area (Å²) in [6.07, 6.45) is 6.77. The Morgan fingerprint density at radius 1 is 1.36 bits per heavy atom. The fraction of sp³-hybridized carbons (Fsp3) is 0.391. The van der Waals surface area contributed by atoms with E-state index in [9.17, 15) is 9.18 Å². The number of hydrogen-bond donors (Lipinski definition) is 2. The first-order chi connectivity index (χ1) is 16.0. The Morgan fingerprint density at radius 3 is 2.85 bits per heavy atom. The molecule has 1 amide bonds. The first-order valence-electron chi connectivity index (χ1n) is 11.1. The van der Waals surface area contributed by atoms with Crippen molar-refractivity contribution in [3.63, 3.8) is 0 Å². The number of halogens is 1. The van der Waals surface area contributed by atoms with Crippen LogP contribution in [0.1, 0.15) is 46.9 Å². The molecule has 5 rings (SSSR count). The Bertz CT molecular complexity index is 1260. The number of carbonyl (C=O) groups is 1. The second-order valence-electron chi connectivity index (χ2n) is 8.52. The molecule has 4 aromatic rings. The summed E-state index contributed by atoms with van der Waals surface area (Å²) in [4.78, 5) is 25.4. The highest BCUT2D eigenvalue weighted by molar-refractivity contribution is 7.15. The van der Waals surface area contributed by atoms with E-state index in [1.165, 1.54) is 11.2 Å². The van der Waals surface area contributed by atoms with Gasteiger partial charge in [-0.3, -0.25) is 13.6 Å². The molecule has 1 saturated heterocycles. The molecule has 172 valence electrons. The van der Waals surface area contributed by atoms with Crippen molar-refractivity contribution in [2.75, 3.05) is 24.7 Å². The van der Waals surface area contributed by atoms with Gasteiger partial charge in [-0.1, -0.05) is 0 Å². The number of nitrogens with zero attached hydrogens (tertiary/aromatic N) is 5. The normalized spacial score (nSPS) is 15.8. The molecule has 2 N–H and O–H groups in total. The molecule has 1 atom stereocenters. The molecule has 0 spiro atoms. The number of anilines is 1. The van der Waals surface area contributed by atoms with E-state index in [1.807, 2.05) is 29.8 Å². The van der Waals surface area contributed by atoms with Crippen LogP contribution in [0.4, 0.5) is 10.1 Å². The number of nitrogens with one attached hydrogen (secondary N) is 2. The minimum atomic E-state index is -0.318. The molecule has 0 bridgehead atoms. The Balaban J connectivity index is 1.54. The van der Waals surface area contributed by atoms with Crippen molar-refractivity contribution >= 4 is 28.6 Å². The number of imidazole rings is 1. The van der Waals surface area contributed by atoms with Crippen molar-refractivity contribution < 1.29 is 9.18 Å². The SMILES string of the molecule is Cc1ccc(-c2cnc3c(N4CCC(CF)CC4)cc(C(=O)N[C@@H](C)c4nnc[nH]4)cn23)s1. The van der Waals surface area contributed by atoms with Gasteiger partial charge < -0.3 is 15.2 Å². The molecule has 0 radical (unpaired) electrons. The molecule has 8 nitrogen and oxygen atoms in total. The maximum atomic E-state index is 13.2. The minimum absolute atomic E-state index is 0.107. The molecule has 4 aromatic heterocycles. The summed E-state index contributed by atoms with van der Waals surface area (Å²) < 4.78 is 15.2. The van der Waals surface area contributed by atoms with Gasteiger partial charge in [0.2, 0.25) is 0 Å². The van der Waals surface area contributed by atoms with Gasteiger partial charge in [-0.2, -0.15) is 0 Å². The number of aryl methyl sites for hydroxylation is 1. The zero-order chi connectivity index (χ0) is 22.9. The quantitative estimate of drug-likeness (QED) is 0.444. The summed E-state index contributed by atoms with van der Waals surface area (Å²) in [6, 6.07) is 5.73. The number of aromatic amines is 1. The molecule has 0 unspecified atom stereocenters. The standard InChI is InChI=1S/C23H26FN7OS/c1-14-3-4-20(33-14)19-11-25-22-18(30-7-5-16(10-24)6-8-30)9-17(12-31(19)22)23(32)28-15(2)21-26-13-27-29-21/h3-4,9,11-13,15-16H,5-8,10H2,1-2H3,(H,28,32)(H,26,27,29)/t15-/m0/s1. The maximum Gasteiger partial charge on any atom is 0.253 e. The lowest BCUT2D eigenvalue weighted by atomic mass is 9.98. The summed E-state index contributed by atoms with van der Waals surface area (Å²) in [7, 11) is 0. The minimum Gasteiger partial charge on any atom is -0.368 e. The van der Waals surface area contributed by atoms with Crippen LogP contribution >= 0.6 is 11.3 Å². The summed E-state index contributed by atoms with van der Waals surface area (Å²) in [5, 5.41) is 10.8. The summed E-state index contributed by atoms with van der Waals surface area (Å²) in [5.74, 6) is 0.494. The average Bonchev–Trinajstić information content (AvgIpc) is 3.59. The fourth-order valence-electron chi connectivity index (χ4n) is 4.28. The summed E-state index contributed by atoms with van der Waals surface area (Å²) in [5.41, 5.74) is 3.17. The van der Waals surface area contributed by atoms with Crippen LogP contribution in [0.5, 0.6) is 0 Å². The fourth-order valence-corrected chi connectivity index (χ4v) is 5.16. The van der Waals surface area contributed by atoms with Crippen LogP contribution < -0.4 is 10.2 Å². The summed E-state index contributed by atoms with van der Waals surface area (Å²) in [6.45, 7) is 5.13. The third kappa shape index (κ3) is 4.22. The monoisotopic (exact) mass is 467 g/mol. The van der Waals surface area contributed by atoms with Gasteiger partial charge in [-0.15, -0.1) is 21.5 Å². The zero-order valence-electron chi connectivity index (χ0n) is 18.6. The van der Waals surface area contributed by atoms with Gasteiger partial charge in [0.15, 0.2) is 11.5 Å². The number of H-pyrrole nitrogens is 1. The first-order valence-corrected chi connectivity index (χ1v) is 11.9. The number of amides is 1. The van der Waals surface area contributed by atoms with E-state index in [2.05, 4.69) is 44.5 Å². The predicted molar refractivity (Wildman–Crippen MR) is 126 cm³/mol. The number of thiophene rings is 1. The molecule has 1 aliphatic rings. The largest absolute Gasteiger partial charge is 0.368 e. The van der Waals surface area contributed by atoms with Crippen LogP contribution in [0.3, 0.4) is 0 Å². The molecule has 0 saturated carbocycles. The van der Waals surface area contributed by atoms with E-state index >= 15 is 0 Å². The smallest absolute Gasteiger partial charge is 0.253 e. The number of pyridine rings is 1. The number of aromatic nitrogens is 5. The number of alkyl halides is 1. The van der Waals surface area contributed by atoms with Crippen molar-refractivity contribution in [2.45, 2.75) is 32.7 Å². The van der Waals surface area contributed by atoms with Crippen molar-refractivity contribution in [1.29, 1.82) is 0 Å². The van der Waals surface area contributed by atoms with Gasteiger partial charge in [0.25, 0.3) is 5.91 Å². The van der Waals surface area contributed by atoms with Crippen LogP contribution in [0.15, 0.2) is 36.9 Å². The molecule has 0 aromatic carbocycles. The second kappa shape index (κ2) is 8.93. The number of hydrogen-bond acceptors (Lipinski definition) is 6. The van der Waals surface area contributed by atoms with Crippen LogP contribution in [-0.4, -0.2) is 50.2 Å². The molecule has 1 aliphatic heterocycles. The van der Waals surface area contributed by atoms with Crippen molar-refractivity contribution in [1.82, 2.24) is 29.9 Å². The van der Waals surface area contributed by atoms with Gasteiger partial charge in [0.05, 0.1) is 40.7 Å². The second-order valence-corrected chi connectivity index (χ2v) is 9.80. The van der Waals surface area contributed by atoms with Gasteiger partial charge in [0, 0.05) is 24.2 Å². The third-order valence-corrected chi connectivity index (χ3v) is 7.23. The maximum absolute atomic E-state index is 13.2. The van der Waals surface area contributed by atoms with E-state index in [0.29, 0.717) is 11.4 Å². The van der Waals surface area contributed by atoms with E-state index in [4.69, 9.17) is 4.98 Å². The van der Waals surface area contributed by atoms with Crippen molar-refractivity contribution in [3.05, 3.63) is 53.2 Å². The van der Waals surface area contributed by atoms with Crippen molar-refractivity contribution in [3.8, 4) is 10.6 Å². The highest BCUT2D eigenvalue weighted by Crippen LogP contribution is 2.33. The van der Waals surface area contributed by atoms with E-state index in [-0.39, 0.29) is 24.5 Å². The lowest BCUT2D eigenvalue weighted by Gasteiger charge is -2.33. The predicted octanol–water partition coefficient (Wildman–Crippen LogP) is 4.17. The molecule has 5 heterocycles. The van der Waals surface area contributed by atoms with E-state index < -0.39 is 0 Å². The van der Waals surface area contributed by atoms with Gasteiger partial charge >= 0.3 is 0 Å². The molecule has 10 heteroatoms. The number of carbonyl (C=O) groups excluding carboxylic acids is 1. The number of piperidine rings is 1. The third-order valence-electron chi connectivity index (χ3n) is 6.21. The Hall–Kier alpha value is -3.27. The molecule has 1 fully saturated rings. The lowest BCUT2D eigenvalue weighted by molar-refractivity contribution is 0.0938. The van der Waals surface area contributed by atoms with Crippen LogP contribution in [0.25, 0.3) is 16.2 Å². The van der Waals surface area contributed by atoms with Gasteiger partial charge in [0.1, 0.15) is 6.33 Å². The summed E-state index contributed by atoms with van der Waals surface area (Å²) >= 11 is 1.69. The Kier molecular flexibility index (Phi) is 5.84. The highest BCUT2D eigenvalue weighted by Gasteiger charge is 2.24. The highest BCUT2D eigenvalue weighted by atomic mass is 32.1. The zero-order valence-corrected chi connectivity index (χ0v) is 19.4. The molecule has 33 heavy (non-hydrogen) atoms. The molecular formula is C23H26FN7OS. The molecule has 0 aliphatic carbocycles. The number of fused-ring (bicyclic) bond motifs is 1. The Morgan fingerprint density at radius 2 is 2.18 bits per heavy atom. The molecular weight excluding hydrogens is 441 g/mol. The Labute approximate surface area is 194 Å². The topological polar surface area (TPSA) is 91.2 Å². The van der Waals surface area contributed by atoms with Crippen LogP contribution in [0.2, 0.25) is 0 Å². The van der Waals surface area contributed by atoms with Crippen LogP contribution in [-0.2, 0) is 0 Å². The van der Waals surface area contributed by atoms with Crippen LogP contribution in [0, 0.1) is 12.8 Å². The number of rotatable bonds is 6. The lowest BCUT2D eigenvalue weighted by Crippen LogP contribution is -2.35.